The molecular formula is C10H14BrNOS. The second-order valence-electron chi connectivity index (χ2n) is 2.80. The van der Waals surface area contributed by atoms with Gasteiger partial charge in [0.05, 0.1) is 6.61 Å². The van der Waals surface area contributed by atoms with E-state index < -0.39 is 0 Å². The van der Waals surface area contributed by atoms with Crippen molar-refractivity contribution in [2.24, 2.45) is 5.73 Å². The van der Waals surface area contributed by atoms with Gasteiger partial charge in [-0.05, 0) is 17.7 Å². The summed E-state index contributed by atoms with van der Waals surface area (Å²) >= 11 is 5.27. The minimum absolute atomic E-state index is 0.573. The van der Waals surface area contributed by atoms with E-state index in [2.05, 4.69) is 34.1 Å². The van der Waals surface area contributed by atoms with Crippen LogP contribution in [0.3, 0.4) is 0 Å². The maximum Gasteiger partial charge on any atom is 0.0556 e. The van der Waals surface area contributed by atoms with Gasteiger partial charge in [0.15, 0.2) is 0 Å². The molecule has 0 aliphatic rings. The highest BCUT2D eigenvalue weighted by molar-refractivity contribution is 9.10. The Bertz CT molecular complexity index is 293. The standard InChI is InChI=1S/C10H14BrNOS/c1-13-4-5-14-9-3-2-8(7-12)10(11)6-9/h2-3,6H,4-5,7,12H2,1H3. The van der Waals surface area contributed by atoms with Crippen molar-refractivity contribution in [3.05, 3.63) is 28.2 Å². The van der Waals surface area contributed by atoms with Crippen LogP contribution in [0.5, 0.6) is 0 Å². The van der Waals surface area contributed by atoms with E-state index in [1.165, 1.54) is 4.90 Å². The van der Waals surface area contributed by atoms with Crippen LogP contribution in [0, 0.1) is 0 Å². The van der Waals surface area contributed by atoms with Gasteiger partial charge in [0.1, 0.15) is 0 Å². The van der Waals surface area contributed by atoms with Crippen molar-refractivity contribution in [2.75, 3.05) is 19.5 Å². The molecule has 1 aromatic rings. The molecule has 1 rings (SSSR count). The minimum atomic E-state index is 0.573. The molecule has 0 fully saturated rings. The molecule has 0 aromatic heterocycles. The van der Waals surface area contributed by atoms with Gasteiger partial charge < -0.3 is 10.5 Å². The predicted molar refractivity (Wildman–Crippen MR) is 64.6 cm³/mol. The van der Waals surface area contributed by atoms with Crippen molar-refractivity contribution >= 4 is 27.7 Å². The predicted octanol–water partition coefficient (Wildman–Crippen LogP) is 2.65. The summed E-state index contributed by atoms with van der Waals surface area (Å²) in [7, 11) is 1.72. The summed E-state index contributed by atoms with van der Waals surface area (Å²) in [5.41, 5.74) is 6.71. The molecule has 0 saturated carbocycles. The second-order valence-corrected chi connectivity index (χ2v) is 4.82. The van der Waals surface area contributed by atoms with Crippen LogP contribution in [0.1, 0.15) is 5.56 Å². The molecule has 0 radical (unpaired) electrons. The molecule has 0 heterocycles. The molecule has 14 heavy (non-hydrogen) atoms. The fraction of sp³-hybridized carbons (Fsp3) is 0.400. The Kier molecular flexibility index (Phi) is 5.55. The number of rotatable bonds is 5. The molecule has 2 N–H and O–H groups in total. The Morgan fingerprint density at radius 2 is 2.29 bits per heavy atom. The first kappa shape index (κ1) is 12.0. The smallest absolute Gasteiger partial charge is 0.0556 e. The lowest BCUT2D eigenvalue weighted by Gasteiger charge is -2.05. The Balaban J connectivity index is 2.57. The first-order chi connectivity index (χ1) is 6.77. The summed E-state index contributed by atoms with van der Waals surface area (Å²) in [4.78, 5) is 1.24. The normalized spacial score (nSPS) is 10.5. The molecule has 0 amide bonds. The monoisotopic (exact) mass is 275 g/mol. The lowest BCUT2D eigenvalue weighted by Crippen LogP contribution is -1.97. The zero-order valence-corrected chi connectivity index (χ0v) is 10.5. The molecule has 0 saturated heterocycles. The van der Waals surface area contributed by atoms with Gasteiger partial charge in [0.25, 0.3) is 0 Å². The molecular weight excluding hydrogens is 262 g/mol. The third kappa shape index (κ3) is 3.61. The average Bonchev–Trinajstić information content (AvgIpc) is 2.18. The van der Waals surface area contributed by atoms with Gasteiger partial charge in [-0.3, -0.25) is 0 Å². The Morgan fingerprint density at radius 1 is 1.50 bits per heavy atom. The van der Waals surface area contributed by atoms with Crippen molar-refractivity contribution in [3.63, 3.8) is 0 Å². The van der Waals surface area contributed by atoms with E-state index in [-0.39, 0.29) is 0 Å². The molecule has 0 spiro atoms. The highest BCUT2D eigenvalue weighted by Crippen LogP contribution is 2.24. The van der Waals surface area contributed by atoms with E-state index in [9.17, 15) is 0 Å². The van der Waals surface area contributed by atoms with Crippen LogP contribution in [0.2, 0.25) is 0 Å². The van der Waals surface area contributed by atoms with E-state index >= 15 is 0 Å². The van der Waals surface area contributed by atoms with Gasteiger partial charge in [-0.25, -0.2) is 0 Å². The van der Waals surface area contributed by atoms with Crippen LogP contribution in [0.4, 0.5) is 0 Å². The topological polar surface area (TPSA) is 35.2 Å². The number of hydrogen-bond acceptors (Lipinski definition) is 3. The van der Waals surface area contributed by atoms with Crippen LogP contribution in [-0.4, -0.2) is 19.5 Å². The zero-order chi connectivity index (χ0) is 10.4. The third-order valence-corrected chi connectivity index (χ3v) is 3.50. The highest BCUT2D eigenvalue weighted by Gasteiger charge is 2.00. The van der Waals surface area contributed by atoms with Crippen molar-refractivity contribution in [1.82, 2.24) is 0 Å². The van der Waals surface area contributed by atoms with E-state index in [0.717, 1.165) is 22.4 Å². The fourth-order valence-electron chi connectivity index (χ4n) is 1.03. The third-order valence-electron chi connectivity index (χ3n) is 1.80. The van der Waals surface area contributed by atoms with E-state index in [0.29, 0.717) is 6.54 Å². The largest absolute Gasteiger partial charge is 0.384 e. The number of benzene rings is 1. The fourth-order valence-corrected chi connectivity index (χ4v) is 2.57. The molecule has 0 aliphatic heterocycles. The van der Waals surface area contributed by atoms with Crippen LogP contribution in [0.15, 0.2) is 27.6 Å². The molecule has 0 atom stereocenters. The first-order valence-electron chi connectivity index (χ1n) is 4.38. The van der Waals surface area contributed by atoms with Gasteiger partial charge in [-0.15, -0.1) is 11.8 Å². The van der Waals surface area contributed by atoms with Gasteiger partial charge in [0.2, 0.25) is 0 Å². The summed E-state index contributed by atoms with van der Waals surface area (Å²) in [6, 6.07) is 6.25. The van der Waals surface area contributed by atoms with Crippen molar-refractivity contribution in [1.29, 1.82) is 0 Å². The molecule has 78 valence electrons. The maximum absolute atomic E-state index is 5.57. The van der Waals surface area contributed by atoms with E-state index in [4.69, 9.17) is 10.5 Å². The number of thioether (sulfide) groups is 1. The lowest BCUT2D eigenvalue weighted by atomic mass is 10.2. The second kappa shape index (κ2) is 6.45. The van der Waals surface area contributed by atoms with Crippen LogP contribution in [0.25, 0.3) is 0 Å². The highest BCUT2D eigenvalue weighted by atomic mass is 79.9. The van der Waals surface area contributed by atoms with E-state index in [1.54, 1.807) is 18.9 Å². The van der Waals surface area contributed by atoms with Crippen LogP contribution < -0.4 is 5.73 Å². The maximum atomic E-state index is 5.57. The van der Waals surface area contributed by atoms with Crippen molar-refractivity contribution in [2.45, 2.75) is 11.4 Å². The Labute approximate surface area is 97.3 Å². The number of nitrogens with two attached hydrogens (primary N) is 1. The van der Waals surface area contributed by atoms with Gasteiger partial charge in [-0.2, -0.15) is 0 Å². The van der Waals surface area contributed by atoms with Gasteiger partial charge in [0, 0.05) is 28.8 Å². The van der Waals surface area contributed by atoms with Gasteiger partial charge in [-0.1, -0.05) is 22.0 Å². The number of methoxy groups -OCH3 is 1. The Hall–Kier alpha value is -0.0300. The summed E-state index contributed by atoms with van der Waals surface area (Å²) in [5, 5.41) is 0. The summed E-state index contributed by atoms with van der Waals surface area (Å²) in [6.07, 6.45) is 0. The van der Waals surface area contributed by atoms with Crippen LogP contribution in [-0.2, 0) is 11.3 Å². The van der Waals surface area contributed by atoms with Crippen molar-refractivity contribution in [3.8, 4) is 0 Å². The molecule has 4 heteroatoms. The SMILES string of the molecule is COCCSc1ccc(CN)c(Br)c1. The molecule has 0 bridgehead atoms. The molecule has 2 nitrogen and oxygen atoms in total. The molecule has 1 aromatic carbocycles. The Morgan fingerprint density at radius 3 is 2.86 bits per heavy atom. The summed E-state index contributed by atoms with van der Waals surface area (Å²) in [6.45, 7) is 1.35. The number of halogens is 1. The number of hydrogen-bond donors (Lipinski definition) is 1. The number of ether oxygens (including phenoxy) is 1. The zero-order valence-electron chi connectivity index (χ0n) is 8.13. The minimum Gasteiger partial charge on any atom is -0.384 e. The van der Waals surface area contributed by atoms with E-state index in [1.807, 2.05) is 0 Å². The summed E-state index contributed by atoms with van der Waals surface area (Å²) < 4.78 is 6.07. The van der Waals surface area contributed by atoms with Crippen molar-refractivity contribution < 1.29 is 4.74 Å². The lowest BCUT2D eigenvalue weighted by molar-refractivity contribution is 0.218. The quantitative estimate of drug-likeness (QED) is 0.663. The van der Waals surface area contributed by atoms with Gasteiger partial charge >= 0.3 is 0 Å². The molecule has 0 unspecified atom stereocenters. The molecule has 0 aliphatic carbocycles. The first-order valence-corrected chi connectivity index (χ1v) is 6.16. The van der Waals surface area contributed by atoms with Crippen LogP contribution >= 0.6 is 27.7 Å². The average molecular weight is 276 g/mol. The summed E-state index contributed by atoms with van der Waals surface area (Å²) in [5.74, 6) is 0.977.